The first-order valence-electron chi connectivity index (χ1n) is 9.87. The van der Waals surface area contributed by atoms with Gasteiger partial charge in [0.2, 0.25) is 0 Å². The van der Waals surface area contributed by atoms with Crippen molar-refractivity contribution in [3.05, 3.63) is 23.8 Å². The average molecular weight is 377 g/mol. The number of benzene rings is 1. The fourth-order valence-corrected chi connectivity index (χ4v) is 4.87. The van der Waals surface area contributed by atoms with Gasteiger partial charge in [-0.2, -0.15) is 0 Å². The molecule has 3 rings (SSSR count). The number of hydrogen-bond acceptors (Lipinski definition) is 5. The van der Waals surface area contributed by atoms with E-state index < -0.39 is 0 Å². The van der Waals surface area contributed by atoms with Gasteiger partial charge >= 0.3 is 6.09 Å². The molecule has 2 aliphatic rings. The number of amides is 1. The highest BCUT2D eigenvalue weighted by Crippen LogP contribution is 2.51. The van der Waals surface area contributed by atoms with Crippen LogP contribution in [0.1, 0.15) is 45.1 Å². The standard InChI is InChI=1S/C21H31NO5/c1-5-26-16-8-10-19-21(14-16,11-12-22(19)20(23)27-6-2)15-7-9-17(24-3)18(13-15)25-4/h7,9,13,16,19H,5-6,8,10-12,14H2,1-4H3/t16-,19-,21+/m1/s1. The van der Waals surface area contributed by atoms with Gasteiger partial charge in [0, 0.05) is 24.6 Å². The topological polar surface area (TPSA) is 57.2 Å². The van der Waals surface area contributed by atoms with Crippen LogP contribution >= 0.6 is 0 Å². The van der Waals surface area contributed by atoms with Crippen LogP contribution in [-0.2, 0) is 14.9 Å². The van der Waals surface area contributed by atoms with Crippen molar-refractivity contribution in [3.8, 4) is 11.5 Å². The van der Waals surface area contributed by atoms with E-state index in [9.17, 15) is 4.79 Å². The molecule has 1 saturated heterocycles. The maximum absolute atomic E-state index is 12.5. The van der Waals surface area contributed by atoms with E-state index in [0.29, 0.717) is 25.5 Å². The van der Waals surface area contributed by atoms with Crippen LogP contribution in [0.15, 0.2) is 18.2 Å². The summed E-state index contributed by atoms with van der Waals surface area (Å²) < 4.78 is 22.3. The van der Waals surface area contributed by atoms with Crippen LogP contribution in [0.4, 0.5) is 4.79 Å². The Hall–Kier alpha value is -1.95. The zero-order valence-electron chi connectivity index (χ0n) is 16.8. The first-order valence-corrected chi connectivity index (χ1v) is 9.87. The highest BCUT2D eigenvalue weighted by molar-refractivity contribution is 5.69. The van der Waals surface area contributed by atoms with E-state index in [1.165, 1.54) is 5.56 Å². The predicted octanol–water partition coefficient (Wildman–Crippen LogP) is 3.76. The molecular formula is C21H31NO5. The third-order valence-corrected chi connectivity index (χ3v) is 6.03. The van der Waals surface area contributed by atoms with Crippen molar-refractivity contribution in [1.29, 1.82) is 0 Å². The monoisotopic (exact) mass is 377 g/mol. The molecule has 0 N–H and O–H groups in total. The minimum atomic E-state index is -0.209. The Morgan fingerprint density at radius 2 is 1.93 bits per heavy atom. The van der Waals surface area contributed by atoms with E-state index in [4.69, 9.17) is 18.9 Å². The van der Waals surface area contributed by atoms with Crippen LogP contribution < -0.4 is 9.47 Å². The van der Waals surface area contributed by atoms with Crippen LogP contribution in [0.25, 0.3) is 0 Å². The van der Waals surface area contributed by atoms with E-state index in [-0.39, 0.29) is 23.7 Å². The fourth-order valence-electron chi connectivity index (χ4n) is 4.87. The van der Waals surface area contributed by atoms with Crippen LogP contribution in [-0.4, -0.2) is 57.1 Å². The van der Waals surface area contributed by atoms with Crippen molar-refractivity contribution in [2.75, 3.05) is 34.0 Å². The Kier molecular flexibility index (Phi) is 6.15. The van der Waals surface area contributed by atoms with Crippen molar-refractivity contribution in [3.63, 3.8) is 0 Å². The molecule has 0 radical (unpaired) electrons. The van der Waals surface area contributed by atoms with Gasteiger partial charge in [-0.3, -0.25) is 0 Å². The molecule has 1 aromatic carbocycles. The largest absolute Gasteiger partial charge is 0.493 e. The van der Waals surface area contributed by atoms with Gasteiger partial charge in [-0.25, -0.2) is 4.79 Å². The lowest BCUT2D eigenvalue weighted by atomic mass is 9.65. The first-order chi connectivity index (χ1) is 13.1. The lowest BCUT2D eigenvalue weighted by molar-refractivity contribution is -0.00524. The third kappa shape index (κ3) is 3.59. The summed E-state index contributed by atoms with van der Waals surface area (Å²) in [5.41, 5.74) is 1.03. The quantitative estimate of drug-likeness (QED) is 0.755. The Morgan fingerprint density at radius 3 is 2.59 bits per heavy atom. The zero-order chi connectivity index (χ0) is 19.4. The first kappa shape index (κ1) is 19.8. The molecule has 27 heavy (non-hydrogen) atoms. The van der Waals surface area contributed by atoms with Crippen molar-refractivity contribution >= 4 is 6.09 Å². The predicted molar refractivity (Wildman–Crippen MR) is 103 cm³/mol. The number of methoxy groups -OCH3 is 2. The number of ether oxygens (including phenoxy) is 4. The summed E-state index contributed by atoms with van der Waals surface area (Å²) >= 11 is 0. The Morgan fingerprint density at radius 1 is 1.15 bits per heavy atom. The van der Waals surface area contributed by atoms with E-state index in [1.54, 1.807) is 14.2 Å². The molecule has 3 atom stereocenters. The molecule has 1 aliphatic heterocycles. The summed E-state index contributed by atoms with van der Waals surface area (Å²) in [6.45, 7) is 5.69. The van der Waals surface area contributed by atoms with Gasteiger partial charge < -0.3 is 23.8 Å². The smallest absolute Gasteiger partial charge is 0.410 e. The summed E-state index contributed by atoms with van der Waals surface area (Å²) in [6, 6.07) is 6.25. The molecule has 1 amide bonds. The number of carbonyl (C=O) groups is 1. The number of rotatable bonds is 6. The maximum atomic E-state index is 12.5. The minimum Gasteiger partial charge on any atom is -0.493 e. The summed E-state index contributed by atoms with van der Waals surface area (Å²) in [6.07, 6.45) is 3.68. The molecule has 6 heteroatoms. The third-order valence-electron chi connectivity index (χ3n) is 6.03. The number of carbonyl (C=O) groups excluding carboxylic acids is 1. The second-order valence-electron chi connectivity index (χ2n) is 7.24. The summed E-state index contributed by atoms with van der Waals surface area (Å²) in [5, 5.41) is 0. The molecular weight excluding hydrogens is 346 g/mol. The van der Waals surface area contributed by atoms with Gasteiger partial charge in [0.1, 0.15) is 0 Å². The van der Waals surface area contributed by atoms with Gasteiger partial charge in [0.25, 0.3) is 0 Å². The van der Waals surface area contributed by atoms with E-state index in [1.807, 2.05) is 24.8 Å². The Balaban J connectivity index is 1.99. The second-order valence-corrected chi connectivity index (χ2v) is 7.24. The number of nitrogens with zero attached hydrogens (tertiary/aromatic N) is 1. The summed E-state index contributed by atoms with van der Waals surface area (Å²) in [4.78, 5) is 14.5. The van der Waals surface area contributed by atoms with Gasteiger partial charge in [0.05, 0.1) is 26.9 Å². The van der Waals surface area contributed by atoms with Crippen LogP contribution in [0.5, 0.6) is 11.5 Å². The van der Waals surface area contributed by atoms with Gasteiger partial charge in [-0.05, 0) is 57.2 Å². The van der Waals surface area contributed by atoms with Crippen LogP contribution in [0.2, 0.25) is 0 Å². The highest BCUT2D eigenvalue weighted by atomic mass is 16.6. The SMILES string of the molecule is CCOC(=O)N1CC[C@@]2(c3ccc(OC)c(OC)c3)C[C@H](OCC)CC[C@@H]12. The van der Waals surface area contributed by atoms with Crippen LogP contribution in [0, 0.1) is 0 Å². The average Bonchev–Trinajstić information content (AvgIpc) is 3.08. The van der Waals surface area contributed by atoms with E-state index >= 15 is 0 Å². The molecule has 150 valence electrons. The van der Waals surface area contributed by atoms with Crippen LogP contribution in [0.3, 0.4) is 0 Å². The van der Waals surface area contributed by atoms with Gasteiger partial charge in [-0.15, -0.1) is 0 Å². The minimum absolute atomic E-state index is 0.117. The normalized spacial score (nSPS) is 27.2. The Bertz CT molecular complexity index is 664. The molecule has 0 bridgehead atoms. The lowest BCUT2D eigenvalue weighted by Crippen LogP contribution is -2.50. The van der Waals surface area contributed by atoms with Crippen molar-refractivity contribution in [1.82, 2.24) is 4.90 Å². The summed E-state index contributed by atoms with van der Waals surface area (Å²) in [7, 11) is 3.29. The molecule has 1 aromatic rings. The van der Waals surface area contributed by atoms with E-state index in [0.717, 1.165) is 31.4 Å². The molecule has 2 fully saturated rings. The van der Waals surface area contributed by atoms with Crippen molar-refractivity contribution in [2.24, 2.45) is 0 Å². The van der Waals surface area contributed by atoms with Gasteiger partial charge in [0.15, 0.2) is 11.5 Å². The molecule has 1 aliphatic carbocycles. The molecule has 1 saturated carbocycles. The molecule has 1 heterocycles. The number of hydrogen-bond donors (Lipinski definition) is 0. The lowest BCUT2D eigenvalue weighted by Gasteiger charge is -2.45. The second kappa shape index (κ2) is 8.38. The number of likely N-dealkylation sites (tertiary alicyclic amines) is 1. The fraction of sp³-hybridized carbons (Fsp3) is 0.667. The molecule has 6 nitrogen and oxygen atoms in total. The van der Waals surface area contributed by atoms with Crippen molar-refractivity contribution in [2.45, 2.75) is 57.1 Å². The maximum Gasteiger partial charge on any atom is 0.410 e. The number of fused-ring (bicyclic) bond motifs is 1. The summed E-state index contributed by atoms with van der Waals surface area (Å²) in [5.74, 6) is 1.43. The van der Waals surface area contributed by atoms with Gasteiger partial charge in [-0.1, -0.05) is 6.07 Å². The van der Waals surface area contributed by atoms with E-state index in [2.05, 4.69) is 12.1 Å². The molecule has 0 aromatic heterocycles. The molecule has 0 spiro atoms. The highest BCUT2D eigenvalue weighted by Gasteiger charge is 2.54. The van der Waals surface area contributed by atoms with Crippen molar-refractivity contribution < 1.29 is 23.7 Å². The molecule has 0 unspecified atom stereocenters. The zero-order valence-corrected chi connectivity index (χ0v) is 16.8. The Labute approximate surface area is 161 Å².